The van der Waals surface area contributed by atoms with Crippen LogP contribution in [0.2, 0.25) is 0 Å². The number of rotatable bonds is 8. The number of benzene rings is 4. The summed E-state index contributed by atoms with van der Waals surface area (Å²) in [5.41, 5.74) is 1.35. The van der Waals surface area contributed by atoms with E-state index in [9.17, 15) is 13.2 Å². The number of nitrogens with one attached hydrogen (secondary N) is 1. The van der Waals surface area contributed by atoms with Crippen molar-refractivity contribution in [2.24, 2.45) is 0 Å². The van der Waals surface area contributed by atoms with Gasteiger partial charge in [0.25, 0.3) is 0 Å². The Balaban J connectivity index is 1.50. The fourth-order valence-electron chi connectivity index (χ4n) is 3.87. The lowest BCUT2D eigenvalue weighted by atomic mass is 10.0. The Morgan fingerprint density at radius 1 is 0.853 bits per heavy atom. The quantitative estimate of drug-likeness (QED) is 0.385. The average Bonchev–Trinajstić information content (AvgIpc) is 2.83. The van der Waals surface area contributed by atoms with Gasteiger partial charge >= 0.3 is 0 Å². The van der Waals surface area contributed by atoms with Crippen molar-refractivity contribution >= 4 is 32.4 Å². The van der Waals surface area contributed by atoms with Gasteiger partial charge in [0.15, 0.2) is 0 Å². The predicted molar refractivity (Wildman–Crippen MR) is 136 cm³/mol. The van der Waals surface area contributed by atoms with Crippen molar-refractivity contribution in [3.63, 3.8) is 0 Å². The van der Waals surface area contributed by atoms with Gasteiger partial charge in [0.05, 0.1) is 11.9 Å². The lowest BCUT2D eigenvalue weighted by Crippen LogP contribution is -2.47. The predicted octanol–water partition coefficient (Wildman–Crippen LogP) is 5.10. The van der Waals surface area contributed by atoms with Crippen molar-refractivity contribution in [1.82, 2.24) is 5.32 Å². The van der Waals surface area contributed by atoms with Crippen LogP contribution in [0, 0.1) is 0 Å². The van der Waals surface area contributed by atoms with Crippen LogP contribution in [-0.4, -0.2) is 26.6 Å². The second-order valence-electron chi connectivity index (χ2n) is 8.00. The zero-order chi connectivity index (χ0) is 24.1. The minimum absolute atomic E-state index is 0.298. The van der Waals surface area contributed by atoms with E-state index in [1.165, 1.54) is 0 Å². The van der Waals surface area contributed by atoms with Gasteiger partial charge in [-0.2, -0.15) is 0 Å². The van der Waals surface area contributed by atoms with E-state index in [1.54, 1.807) is 31.2 Å². The van der Waals surface area contributed by atoms with Crippen LogP contribution in [0.4, 0.5) is 5.69 Å². The lowest BCUT2D eigenvalue weighted by Gasteiger charge is -2.28. The van der Waals surface area contributed by atoms with E-state index in [1.807, 2.05) is 72.8 Å². The number of carbonyl (C=O) groups is 1. The smallest absolute Gasteiger partial charge is 0.243 e. The Hall–Kier alpha value is -3.84. The van der Waals surface area contributed by atoms with Crippen molar-refractivity contribution in [3.05, 3.63) is 103 Å². The van der Waals surface area contributed by atoms with Gasteiger partial charge in [-0.05, 0) is 59.7 Å². The summed E-state index contributed by atoms with van der Waals surface area (Å²) in [6, 6.07) is 28.8. The van der Waals surface area contributed by atoms with Gasteiger partial charge in [-0.3, -0.25) is 9.10 Å². The maximum atomic E-state index is 13.0. The molecule has 1 N–H and O–H groups in total. The zero-order valence-corrected chi connectivity index (χ0v) is 19.8. The first kappa shape index (κ1) is 23.3. The van der Waals surface area contributed by atoms with Crippen molar-refractivity contribution in [2.45, 2.75) is 19.5 Å². The number of nitrogens with zero attached hydrogens (tertiary/aromatic N) is 1. The van der Waals surface area contributed by atoms with E-state index in [2.05, 4.69) is 5.32 Å². The summed E-state index contributed by atoms with van der Waals surface area (Å²) in [6.07, 6.45) is 1.09. The first-order valence-corrected chi connectivity index (χ1v) is 12.7. The maximum absolute atomic E-state index is 13.0. The van der Waals surface area contributed by atoms with E-state index in [0.29, 0.717) is 23.7 Å². The van der Waals surface area contributed by atoms with Crippen LogP contribution in [0.3, 0.4) is 0 Å². The highest BCUT2D eigenvalue weighted by atomic mass is 32.2. The molecule has 0 aromatic heterocycles. The zero-order valence-electron chi connectivity index (χ0n) is 19.0. The van der Waals surface area contributed by atoms with Gasteiger partial charge in [-0.15, -0.1) is 0 Å². The molecule has 0 spiro atoms. The van der Waals surface area contributed by atoms with Crippen molar-refractivity contribution < 1.29 is 17.9 Å². The highest BCUT2D eigenvalue weighted by Crippen LogP contribution is 2.27. The minimum Gasteiger partial charge on any atom is -0.457 e. The number of anilines is 1. The van der Waals surface area contributed by atoms with Gasteiger partial charge in [0, 0.05) is 6.54 Å². The topological polar surface area (TPSA) is 75.7 Å². The number of amides is 1. The molecule has 0 heterocycles. The van der Waals surface area contributed by atoms with Crippen LogP contribution in [0.5, 0.6) is 11.5 Å². The van der Waals surface area contributed by atoms with Gasteiger partial charge < -0.3 is 10.1 Å². The SMILES string of the molecule is C[C@H](C(=O)NCc1cccc2ccccc12)N(c1ccc(Oc2ccccc2)cc1)S(C)(=O)=O. The number of hydrogen-bond acceptors (Lipinski definition) is 4. The molecular formula is C27H26N2O4S. The van der Waals surface area contributed by atoms with Crippen molar-refractivity contribution in [3.8, 4) is 11.5 Å². The normalized spacial score (nSPS) is 12.2. The van der Waals surface area contributed by atoms with Gasteiger partial charge in [0.2, 0.25) is 15.9 Å². The molecule has 0 saturated carbocycles. The van der Waals surface area contributed by atoms with E-state index in [0.717, 1.165) is 26.9 Å². The number of sulfonamides is 1. The molecule has 4 rings (SSSR count). The van der Waals surface area contributed by atoms with Crippen LogP contribution in [-0.2, 0) is 21.4 Å². The molecule has 0 aliphatic rings. The standard InChI is InChI=1S/C27H26N2O4S/c1-20(27(30)28-19-22-11-8-10-21-9-6-7-14-26(21)22)29(34(2,31)32)23-15-17-25(18-16-23)33-24-12-4-3-5-13-24/h3-18,20H,19H2,1-2H3,(H,28,30)/t20-/m1/s1. The van der Waals surface area contributed by atoms with Crippen LogP contribution >= 0.6 is 0 Å². The third-order valence-corrected chi connectivity index (χ3v) is 6.73. The molecule has 0 fully saturated rings. The molecule has 0 radical (unpaired) electrons. The average molecular weight is 475 g/mol. The molecule has 1 amide bonds. The molecule has 7 heteroatoms. The van der Waals surface area contributed by atoms with Crippen LogP contribution < -0.4 is 14.4 Å². The van der Waals surface area contributed by atoms with Crippen LogP contribution in [0.1, 0.15) is 12.5 Å². The van der Waals surface area contributed by atoms with Crippen molar-refractivity contribution in [1.29, 1.82) is 0 Å². The first-order chi connectivity index (χ1) is 16.3. The van der Waals surface area contributed by atoms with E-state index in [4.69, 9.17) is 4.74 Å². The maximum Gasteiger partial charge on any atom is 0.243 e. The highest BCUT2D eigenvalue weighted by molar-refractivity contribution is 7.92. The Labute approximate surface area is 199 Å². The monoisotopic (exact) mass is 474 g/mol. The summed E-state index contributed by atoms with van der Waals surface area (Å²) in [4.78, 5) is 13.0. The van der Waals surface area contributed by atoms with Gasteiger partial charge in [0.1, 0.15) is 17.5 Å². The van der Waals surface area contributed by atoms with E-state index in [-0.39, 0.29) is 5.91 Å². The van der Waals surface area contributed by atoms with Crippen LogP contribution in [0.15, 0.2) is 97.1 Å². The van der Waals surface area contributed by atoms with E-state index < -0.39 is 16.1 Å². The molecule has 174 valence electrons. The summed E-state index contributed by atoms with van der Waals surface area (Å²) in [7, 11) is -3.72. The Morgan fingerprint density at radius 2 is 1.47 bits per heavy atom. The molecule has 0 unspecified atom stereocenters. The van der Waals surface area contributed by atoms with Crippen LogP contribution in [0.25, 0.3) is 10.8 Å². The summed E-state index contributed by atoms with van der Waals surface area (Å²) in [5.74, 6) is 0.857. The molecule has 0 bridgehead atoms. The minimum atomic E-state index is -3.72. The fraction of sp³-hybridized carbons (Fsp3) is 0.148. The summed E-state index contributed by atoms with van der Waals surface area (Å²) >= 11 is 0. The molecule has 34 heavy (non-hydrogen) atoms. The number of carbonyl (C=O) groups excluding carboxylic acids is 1. The Morgan fingerprint density at radius 3 is 2.18 bits per heavy atom. The Kier molecular flexibility index (Phi) is 6.84. The lowest BCUT2D eigenvalue weighted by molar-refractivity contribution is -0.122. The number of hydrogen-bond donors (Lipinski definition) is 1. The van der Waals surface area contributed by atoms with Gasteiger partial charge in [-0.25, -0.2) is 8.42 Å². The second kappa shape index (κ2) is 9.97. The largest absolute Gasteiger partial charge is 0.457 e. The second-order valence-corrected chi connectivity index (χ2v) is 9.86. The molecule has 4 aromatic carbocycles. The molecule has 0 aliphatic heterocycles. The number of para-hydroxylation sites is 1. The summed E-state index contributed by atoms with van der Waals surface area (Å²) < 4.78 is 32.1. The third-order valence-electron chi connectivity index (χ3n) is 5.49. The molecule has 6 nitrogen and oxygen atoms in total. The molecule has 0 saturated heterocycles. The molecule has 0 aliphatic carbocycles. The first-order valence-electron chi connectivity index (χ1n) is 10.9. The number of fused-ring (bicyclic) bond motifs is 1. The Bertz CT molecular complexity index is 1380. The summed E-state index contributed by atoms with van der Waals surface area (Å²) in [5, 5.41) is 5.02. The highest BCUT2D eigenvalue weighted by Gasteiger charge is 2.29. The third kappa shape index (κ3) is 5.38. The van der Waals surface area contributed by atoms with Crippen molar-refractivity contribution in [2.75, 3.05) is 10.6 Å². The number of ether oxygens (including phenoxy) is 1. The van der Waals surface area contributed by atoms with Gasteiger partial charge in [-0.1, -0.05) is 60.7 Å². The summed E-state index contributed by atoms with van der Waals surface area (Å²) in [6.45, 7) is 1.87. The molecule has 4 aromatic rings. The fourth-order valence-corrected chi connectivity index (χ4v) is 5.05. The van der Waals surface area contributed by atoms with E-state index >= 15 is 0 Å². The molecular weight excluding hydrogens is 448 g/mol. The molecule has 1 atom stereocenters.